The van der Waals surface area contributed by atoms with Crippen LogP contribution >= 0.6 is 0 Å². The average molecular weight is 383 g/mol. The zero-order valence-electron chi connectivity index (χ0n) is 18.3. The Labute approximate surface area is 171 Å². The fourth-order valence-corrected chi connectivity index (χ4v) is 3.88. The van der Waals surface area contributed by atoms with Crippen LogP contribution in [0.1, 0.15) is 85.8 Å². The number of phenolic OH excluding ortho intramolecular Hbond substituents is 2. The van der Waals surface area contributed by atoms with Gasteiger partial charge in [0.2, 0.25) is 0 Å². The first kappa shape index (κ1) is 22.3. The summed E-state index contributed by atoms with van der Waals surface area (Å²) in [7, 11) is 0. The predicted molar refractivity (Wildman–Crippen MR) is 120 cm³/mol. The molecule has 0 unspecified atom stereocenters. The van der Waals surface area contributed by atoms with Crippen molar-refractivity contribution in [2.24, 2.45) is 0 Å². The molecule has 0 amide bonds. The Balaban J connectivity index is 1.95. The smallest absolute Gasteiger partial charge is 0.119 e. The second kappa shape index (κ2) is 11.1. The van der Waals surface area contributed by atoms with Crippen LogP contribution in [0.15, 0.2) is 24.3 Å². The number of benzene rings is 2. The summed E-state index contributed by atoms with van der Waals surface area (Å²) in [6, 6.07) is 8.30. The second-order valence-electron chi connectivity index (χ2n) is 8.23. The lowest BCUT2D eigenvalue weighted by Crippen LogP contribution is -1.97. The van der Waals surface area contributed by atoms with Gasteiger partial charge in [0.25, 0.3) is 0 Å². The van der Waals surface area contributed by atoms with Gasteiger partial charge < -0.3 is 10.2 Å². The molecule has 0 aromatic heterocycles. The van der Waals surface area contributed by atoms with Crippen LogP contribution < -0.4 is 0 Å². The molecule has 0 bridgehead atoms. The Bertz CT molecular complexity index is 696. The number of hydrogen-bond acceptors (Lipinski definition) is 2. The fraction of sp³-hybridized carbons (Fsp3) is 0.538. The molecule has 0 saturated heterocycles. The Morgan fingerprint density at radius 2 is 0.893 bits per heavy atom. The largest absolute Gasteiger partial charge is 0.508 e. The molecule has 0 spiro atoms. The summed E-state index contributed by atoms with van der Waals surface area (Å²) >= 11 is 0. The minimum Gasteiger partial charge on any atom is -0.508 e. The van der Waals surface area contributed by atoms with Crippen LogP contribution in [0.2, 0.25) is 0 Å². The van der Waals surface area contributed by atoms with Crippen molar-refractivity contribution in [1.29, 1.82) is 0 Å². The van der Waals surface area contributed by atoms with Gasteiger partial charge in [0.15, 0.2) is 0 Å². The van der Waals surface area contributed by atoms with E-state index in [2.05, 4.69) is 39.8 Å². The number of rotatable bonds is 11. The second-order valence-corrected chi connectivity index (χ2v) is 8.23. The van der Waals surface area contributed by atoms with Crippen molar-refractivity contribution in [2.75, 3.05) is 0 Å². The molecular weight excluding hydrogens is 344 g/mol. The standard InChI is InChI=1S/C26H38O2/c1-5-7-11-23-17-21(19(3)15-25(23)27)13-9-10-14-22-18-24(12-8-6-2)26(28)16-20(22)4/h15-18,27-28H,5-14H2,1-4H3. The van der Waals surface area contributed by atoms with Gasteiger partial charge in [0.05, 0.1) is 0 Å². The molecule has 2 aromatic rings. The summed E-state index contributed by atoms with van der Waals surface area (Å²) in [5.41, 5.74) is 7.32. The van der Waals surface area contributed by atoms with Crippen LogP contribution in [0.3, 0.4) is 0 Å². The Morgan fingerprint density at radius 1 is 0.536 bits per heavy atom. The first-order valence-electron chi connectivity index (χ1n) is 11.1. The third-order valence-electron chi connectivity index (χ3n) is 5.82. The van der Waals surface area contributed by atoms with Crippen LogP contribution in [0.4, 0.5) is 0 Å². The SMILES string of the molecule is CCCCc1cc(CCCCc2cc(CCCC)c(O)cc2C)c(C)cc1O. The highest BCUT2D eigenvalue weighted by Gasteiger charge is 2.09. The zero-order valence-corrected chi connectivity index (χ0v) is 18.3. The van der Waals surface area contributed by atoms with Gasteiger partial charge in [-0.3, -0.25) is 0 Å². The van der Waals surface area contributed by atoms with Gasteiger partial charge in [-0.05, 0) is 111 Å². The molecule has 2 aromatic carbocycles. The summed E-state index contributed by atoms with van der Waals surface area (Å²) in [4.78, 5) is 0. The number of unbranched alkanes of at least 4 members (excludes halogenated alkanes) is 3. The van der Waals surface area contributed by atoms with E-state index < -0.39 is 0 Å². The molecule has 28 heavy (non-hydrogen) atoms. The van der Waals surface area contributed by atoms with Crippen molar-refractivity contribution >= 4 is 0 Å². The Kier molecular flexibility index (Phi) is 8.89. The van der Waals surface area contributed by atoms with Crippen molar-refractivity contribution in [3.8, 4) is 11.5 Å². The molecule has 0 heterocycles. The topological polar surface area (TPSA) is 40.5 Å². The summed E-state index contributed by atoms with van der Waals surface area (Å²) in [5, 5.41) is 20.4. The third kappa shape index (κ3) is 6.29. The number of phenols is 2. The molecule has 2 N–H and O–H groups in total. The first-order valence-corrected chi connectivity index (χ1v) is 11.1. The van der Waals surface area contributed by atoms with Crippen molar-refractivity contribution in [3.63, 3.8) is 0 Å². The lowest BCUT2D eigenvalue weighted by atomic mass is 9.94. The molecule has 2 rings (SSSR count). The van der Waals surface area contributed by atoms with Crippen LogP contribution in [0.25, 0.3) is 0 Å². The van der Waals surface area contributed by atoms with Crippen LogP contribution in [-0.4, -0.2) is 10.2 Å². The highest BCUT2D eigenvalue weighted by atomic mass is 16.3. The molecule has 0 saturated carbocycles. The van der Waals surface area contributed by atoms with Gasteiger partial charge in [0, 0.05) is 0 Å². The molecule has 0 aliphatic rings. The molecule has 0 radical (unpaired) electrons. The van der Waals surface area contributed by atoms with Crippen LogP contribution in [0, 0.1) is 13.8 Å². The Morgan fingerprint density at radius 3 is 1.25 bits per heavy atom. The minimum atomic E-state index is 0.453. The molecule has 0 atom stereocenters. The number of aryl methyl sites for hydroxylation is 6. The molecular formula is C26H38O2. The minimum absolute atomic E-state index is 0.453. The van der Waals surface area contributed by atoms with Crippen molar-refractivity contribution in [3.05, 3.63) is 57.6 Å². The van der Waals surface area contributed by atoms with Gasteiger partial charge in [0.1, 0.15) is 11.5 Å². The quantitative estimate of drug-likeness (QED) is 0.412. The maximum absolute atomic E-state index is 10.2. The molecule has 0 fully saturated rings. The zero-order chi connectivity index (χ0) is 20.5. The van der Waals surface area contributed by atoms with Crippen LogP contribution in [0.5, 0.6) is 11.5 Å². The number of hydrogen-bond donors (Lipinski definition) is 2. The van der Waals surface area contributed by atoms with E-state index in [1.807, 2.05) is 12.1 Å². The maximum atomic E-state index is 10.2. The van der Waals surface area contributed by atoms with Gasteiger partial charge in [-0.15, -0.1) is 0 Å². The highest BCUT2D eigenvalue weighted by molar-refractivity contribution is 5.42. The van der Waals surface area contributed by atoms with Gasteiger partial charge in [-0.2, -0.15) is 0 Å². The fourth-order valence-electron chi connectivity index (χ4n) is 3.88. The molecule has 0 aliphatic heterocycles. The molecule has 2 nitrogen and oxygen atoms in total. The van der Waals surface area contributed by atoms with E-state index in [4.69, 9.17) is 0 Å². The monoisotopic (exact) mass is 382 g/mol. The van der Waals surface area contributed by atoms with E-state index in [1.54, 1.807) is 0 Å². The van der Waals surface area contributed by atoms with E-state index in [0.29, 0.717) is 11.5 Å². The van der Waals surface area contributed by atoms with E-state index in [-0.39, 0.29) is 0 Å². The third-order valence-corrected chi connectivity index (χ3v) is 5.82. The van der Waals surface area contributed by atoms with Gasteiger partial charge >= 0.3 is 0 Å². The van der Waals surface area contributed by atoms with E-state index in [0.717, 1.165) is 75.3 Å². The van der Waals surface area contributed by atoms with E-state index >= 15 is 0 Å². The van der Waals surface area contributed by atoms with Crippen LogP contribution in [-0.2, 0) is 25.7 Å². The maximum Gasteiger partial charge on any atom is 0.119 e. The van der Waals surface area contributed by atoms with Crippen molar-refractivity contribution < 1.29 is 10.2 Å². The highest BCUT2D eigenvalue weighted by Crippen LogP contribution is 2.27. The van der Waals surface area contributed by atoms with E-state index in [1.165, 1.54) is 22.3 Å². The lowest BCUT2D eigenvalue weighted by Gasteiger charge is -2.13. The summed E-state index contributed by atoms with van der Waals surface area (Å²) in [5.74, 6) is 0.906. The molecule has 2 heteroatoms. The molecule has 0 aliphatic carbocycles. The summed E-state index contributed by atoms with van der Waals surface area (Å²) < 4.78 is 0. The summed E-state index contributed by atoms with van der Waals surface area (Å²) in [6.45, 7) is 8.57. The van der Waals surface area contributed by atoms with Crippen molar-refractivity contribution in [2.45, 2.75) is 91.9 Å². The lowest BCUT2D eigenvalue weighted by molar-refractivity contribution is 0.465. The molecule has 154 valence electrons. The predicted octanol–water partition coefficient (Wildman–Crippen LogP) is 6.97. The van der Waals surface area contributed by atoms with Gasteiger partial charge in [-0.1, -0.05) is 38.8 Å². The van der Waals surface area contributed by atoms with E-state index in [9.17, 15) is 10.2 Å². The average Bonchev–Trinajstić information content (AvgIpc) is 2.66. The van der Waals surface area contributed by atoms with Gasteiger partial charge in [-0.25, -0.2) is 0 Å². The summed E-state index contributed by atoms with van der Waals surface area (Å²) in [6.07, 6.45) is 10.9. The number of aromatic hydroxyl groups is 2. The first-order chi connectivity index (χ1) is 13.5. The van der Waals surface area contributed by atoms with Crippen molar-refractivity contribution in [1.82, 2.24) is 0 Å². The Hall–Kier alpha value is -1.96. The normalized spacial score (nSPS) is 11.1.